The number of fused-ring (bicyclic) bond motifs is 1. The number of alkyl halides is 2. The summed E-state index contributed by atoms with van der Waals surface area (Å²) in [4.78, 5) is 11.8. The van der Waals surface area contributed by atoms with Gasteiger partial charge in [0.1, 0.15) is 34.7 Å². The molecule has 184 valence electrons. The molecule has 2 heterocycles. The van der Waals surface area contributed by atoms with Crippen molar-refractivity contribution in [2.75, 3.05) is 0 Å². The Hall–Kier alpha value is -3.96. The molecule has 0 aliphatic heterocycles. The maximum Gasteiger partial charge on any atom is 0.321 e. The van der Waals surface area contributed by atoms with Crippen molar-refractivity contribution in [2.45, 2.75) is 45.4 Å². The number of halogens is 4. The summed E-state index contributed by atoms with van der Waals surface area (Å²) in [5.41, 5.74) is 1.82. The summed E-state index contributed by atoms with van der Waals surface area (Å²) in [5, 5.41) is 14.6. The van der Waals surface area contributed by atoms with Gasteiger partial charge >= 0.3 is 5.92 Å². The Kier molecular flexibility index (Phi) is 6.46. The van der Waals surface area contributed by atoms with Gasteiger partial charge in [-0.15, -0.1) is 5.10 Å². The van der Waals surface area contributed by atoms with E-state index in [1.165, 1.54) is 6.92 Å². The van der Waals surface area contributed by atoms with E-state index in [0.29, 0.717) is 36.3 Å². The first-order valence-electron chi connectivity index (χ1n) is 10.7. The zero-order chi connectivity index (χ0) is 25.3. The summed E-state index contributed by atoms with van der Waals surface area (Å²) < 4.78 is 64.0. The molecule has 0 saturated heterocycles. The van der Waals surface area contributed by atoms with Crippen LogP contribution < -0.4 is 10.1 Å². The minimum absolute atomic E-state index is 0.0189. The van der Waals surface area contributed by atoms with E-state index >= 15 is 0 Å². The van der Waals surface area contributed by atoms with E-state index in [9.17, 15) is 22.4 Å². The zero-order valence-corrected chi connectivity index (χ0v) is 19.0. The molecule has 0 spiro atoms. The van der Waals surface area contributed by atoms with E-state index in [-0.39, 0.29) is 11.3 Å². The number of aryl methyl sites for hydroxylation is 1. The summed E-state index contributed by atoms with van der Waals surface area (Å²) >= 11 is 0. The summed E-state index contributed by atoms with van der Waals surface area (Å²) in [6, 6.07) is 6.45. The maximum atomic E-state index is 13.9. The highest BCUT2D eigenvalue weighted by Gasteiger charge is 2.35. The molecule has 0 radical (unpaired) electrons. The van der Waals surface area contributed by atoms with Gasteiger partial charge in [-0.2, -0.15) is 13.9 Å². The number of hydrogen-bond donors (Lipinski definition) is 1. The van der Waals surface area contributed by atoms with Crippen molar-refractivity contribution >= 4 is 16.9 Å². The first-order valence-corrected chi connectivity index (χ1v) is 10.7. The van der Waals surface area contributed by atoms with Crippen LogP contribution in [0.3, 0.4) is 0 Å². The van der Waals surface area contributed by atoms with Crippen LogP contribution in [0.2, 0.25) is 0 Å². The third-order valence-corrected chi connectivity index (χ3v) is 5.29. The van der Waals surface area contributed by atoms with E-state index in [2.05, 4.69) is 20.7 Å². The minimum Gasteiger partial charge on any atom is -0.484 e. The Morgan fingerprint density at radius 3 is 2.51 bits per heavy atom. The highest BCUT2D eigenvalue weighted by Crippen LogP contribution is 2.29. The smallest absolute Gasteiger partial charge is 0.321 e. The van der Waals surface area contributed by atoms with Crippen LogP contribution in [0, 0.1) is 11.6 Å². The molecule has 0 bridgehead atoms. The number of nitrogens with zero attached hydrogens (tertiary/aromatic N) is 5. The average Bonchev–Trinajstić information content (AvgIpc) is 3.42. The molecule has 1 N–H and O–H groups in total. The Morgan fingerprint density at radius 2 is 1.89 bits per heavy atom. The van der Waals surface area contributed by atoms with Crippen molar-refractivity contribution < 1.29 is 27.1 Å². The molecule has 4 aromatic rings. The number of benzene rings is 2. The van der Waals surface area contributed by atoms with E-state index in [4.69, 9.17) is 4.74 Å². The molecule has 2 atom stereocenters. The molecule has 0 fully saturated rings. The first kappa shape index (κ1) is 24.2. The summed E-state index contributed by atoms with van der Waals surface area (Å²) in [7, 11) is 0. The molecule has 8 nitrogen and oxygen atoms in total. The SMILES string of the molecule is CCn1cc(-n2nnc3cc(O[C@H](c4cc(F)cc(F)c4)[C@H](C)NC(=O)C(C)(F)F)ccc32)cn1. The second kappa shape index (κ2) is 9.35. The second-order valence-corrected chi connectivity index (χ2v) is 8.10. The second-order valence-electron chi connectivity index (χ2n) is 8.10. The van der Waals surface area contributed by atoms with Crippen molar-refractivity contribution in [3.05, 3.63) is 66.0 Å². The van der Waals surface area contributed by atoms with Gasteiger partial charge in [-0.1, -0.05) is 5.21 Å². The number of ether oxygens (including phenoxy) is 1. The number of carbonyl (C=O) groups is 1. The van der Waals surface area contributed by atoms with Crippen LogP contribution in [0.5, 0.6) is 5.75 Å². The van der Waals surface area contributed by atoms with Gasteiger partial charge in [-0.3, -0.25) is 9.48 Å². The van der Waals surface area contributed by atoms with Gasteiger partial charge in [0, 0.05) is 31.2 Å². The van der Waals surface area contributed by atoms with Crippen LogP contribution in [-0.4, -0.2) is 42.6 Å². The van der Waals surface area contributed by atoms with Gasteiger partial charge in [-0.05, 0) is 38.1 Å². The number of hydrogen-bond acceptors (Lipinski definition) is 5. The average molecular weight is 490 g/mol. The monoisotopic (exact) mass is 490 g/mol. The molecular weight excluding hydrogens is 468 g/mol. The maximum absolute atomic E-state index is 13.9. The number of aromatic nitrogens is 5. The lowest BCUT2D eigenvalue weighted by Gasteiger charge is -2.27. The third kappa shape index (κ3) is 5.26. The summed E-state index contributed by atoms with van der Waals surface area (Å²) in [6.45, 7) is 4.49. The Bertz CT molecular complexity index is 1340. The lowest BCUT2D eigenvalue weighted by molar-refractivity contribution is -0.144. The Labute approximate surface area is 197 Å². The van der Waals surface area contributed by atoms with E-state index in [0.717, 1.165) is 12.1 Å². The molecule has 4 rings (SSSR count). The standard InChI is InChI=1S/C23H22F4N6O2/c1-4-32-12-17(11-28-32)33-20-6-5-18(10-19(20)30-31-33)35-21(13(2)29-22(34)23(3,26)27)14-7-15(24)9-16(25)8-14/h5-13,21H,4H2,1-3H3,(H,29,34)/t13-,21-/m0/s1. The van der Waals surface area contributed by atoms with Crippen molar-refractivity contribution in [1.82, 2.24) is 30.1 Å². The van der Waals surface area contributed by atoms with Crippen LogP contribution in [0.25, 0.3) is 16.7 Å². The van der Waals surface area contributed by atoms with Crippen LogP contribution in [-0.2, 0) is 11.3 Å². The predicted octanol–water partition coefficient (Wildman–Crippen LogP) is 4.20. The van der Waals surface area contributed by atoms with Gasteiger partial charge in [-0.25, -0.2) is 13.5 Å². The number of rotatable bonds is 8. The Balaban J connectivity index is 1.66. The lowest BCUT2D eigenvalue weighted by atomic mass is 10.0. The van der Waals surface area contributed by atoms with Crippen LogP contribution in [0.1, 0.15) is 32.4 Å². The number of amides is 1. The van der Waals surface area contributed by atoms with Crippen LogP contribution >= 0.6 is 0 Å². The Morgan fingerprint density at radius 1 is 1.17 bits per heavy atom. The number of nitrogens with one attached hydrogen (secondary N) is 1. The fourth-order valence-corrected chi connectivity index (χ4v) is 3.56. The molecular formula is C23H22F4N6O2. The van der Waals surface area contributed by atoms with E-state index in [1.807, 2.05) is 6.92 Å². The molecule has 0 saturated carbocycles. The van der Waals surface area contributed by atoms with Gasteiger partial charge in [0.05, 0.1) is 24.0 Å². The largest absolute Gasteiger partial charge is 0.484 e. The molecule has 0 aliphatic carbocycles. The van der Waals surface area contributed by atoms with Crippen molar-refractivity contribution in [1.29, 1.82) is 0 Å². The van der Waals surface area contributed by atoms with Crippen molar-refractivity contribution in [3.8, 4) is 11.4 Å². The number of carbonyl (C=O) groups excluding carboxylic acids is 1. The minimum atomic E-state index is -3.64. The highest BCUT2D eigenvalue weighted by molar-refractivity contribution is 5.83. The third-order valence-electron chi connectivity index (χ3n) is 5.29. The van der Waals surface area contributed by atoms with Crippen molar-refractivity contribution in [3.63, 3.8) is 0 Å². The topological polar surface area (TPSA) is 86.9 Å². The first-order chi connectivity index (χ1) is 16.5. The fraction of sp³-hybridized carbons (Fsp3) is 0.304. The zero-order valence-electron chi connectivity index (χ0n) is 19.0. The molecule has 12 heteroatoms. The molecule has 0 aliphatic rings. The lowest BCUT2D eigenvalue weighted by Crippen LogP contribution is -2.46. The highest BCUT2D eigenvalue weighted by atomic mass is 19.3. The van der Waals surface area contributed by atoms with Crippen molar-refractivity contribution in [2.24, 2.45) is 0 Å². The van der Waals surface area contributed by atoms with E-state index < -0.39 is 35.6 Å². The summed E-state index contributed by atoms with van der Waals surface area (Å²) in [6.07, 6.45) is 2.26. The van der Waals surface area contributed by atoms with Crippen LogP contribution in [0.15, 0.2) is 48.8 Å². The normalized spacial score (nSPS) is 13.6. The van der Waals surface area contributed by atoms with Gasteiger partial charge in [0.15, 0.2) is 0 Å². The van der Waals surface area contributed by atoms with Gasteiger partial charge in [0.25, 0.3) is 5.91 Å². The predicted molar refractivity (Wildman–Crippen MR) is 118 cm³/mol. The van der Waals surface area contributed by atoms with E-state index in [1.54, 1.807) is 40.0 Å². The quantitative estimate of drug-likeness (QED) is 0.374. The van der Waals surface area contributed by atoms with Crippen LogP contribution in [0.4, 0.5) is 17.6 Å². The molecule has 1 amide bonds. The van der Waals surface area contributed by atoms with Gasteiger partial charge < -0.3 is 10.1 Å². The fourth-order valence-electron chi connectivity index (χ4n) is 3.56. The molecule has 2 aromatic heterocycles. The molecule has 0 unspecified atom stereocenters. The molecule has 35 heavy (non-hydrogen) atoms. The summed E-state index contributed by atoms with van der Waals surface area (Å²) in [5.74, 6) is -6.71. The molecule has 2 aromatic carbocycles. The van der Waals surface area contributed by atoms with Gasteiger partial charge in [0.2, 0.25) is 0 Å².